The van der Waals surface area contributed by atoms with Gasteiger partial charge in [-0.2, -0.15) is 0 Å². The van der Waals surface area contributed by atoms with Crippen molar-refractivity contribution in [2.45, 2.75) is 39.2 Å². The molecule has 0 aliphatic rings. The largest absolute Gasteiger partial charge is 0.312 e. The van der Waals surface area contributed by atoms with Crippen LogP contribution >= 0.6 is 11.3 Å². The van der Waals surface area contributed by atoms with E-state index in [2.05, 4.69) is 24.1 Å². The zero-order valence-corrected chi connectivity index (χ0v) is 10.1. The van der Waals surface area contributed by atoms with Gasteiger partial charge in [0, 0.05) is 17.1 Å². The average Bonchev–Trinajstić information content (AvgIpc) is 2.73. The Morgan fingerprint density at radius 2 is 2.14 bits per heavy atom. The molecule has 0 aliphatic heterocycles. The maximum absolute atomic E-state index is 4.13. The van der Waals surface area contributed by atoms with Crippen molar-refractivity contribution in [3.05, 3.63) is 16.6 Å². The monoisotopic (exact) mass is 212 g/mol. The molecule has 14 heavy (non-hydrogen) atoms. The van der Waals surface area contributed by atoms with Gasteiger partial charge in [-0.25, -0.2) is 0 Å². The van der Waals surface area contributed by atoms with Crippen molar-refractivity contribution < 1.29 is 0 Å². The van der Waals surface area contributed by atoms with E-state index >= 15 is 0 Å². The van der Waals surface area contributed by atoms with Crippen LogP contribution in [0.1, 0.15) is 44.0 Å². The van der Waals surface area contributed by atoms with Crippen molar-refractivity contribution in [2.75, 3.05) is 7.05 Å². The van der Waals surface area contributed by atoms with Crippen LogP contribution in [-0.2, 0) is 0 Å². The summed E-state index contributed by atoms with van der Waals surface area (Å²) >= 11 is 1.74. The number of hydrogen-bond donors (Lipinski definition) is 1. The predicted octanol–water partition coefficient (Wildman–Crippen LogP) is 3.23. The predicted molar refractivity (Wildman–Crippen MR) is 62.6 cm³/mol. The van der Waals surface area contributed by atoms with E-state index in [4.69, 9.17) is 0 Å². The molecule has 0 amide bonds. The van der Waals surface area contributed by atoms with Crippen LogP contribution in [0, 0.1) is 5.92 Å². The molecule has 1 N–H and O–H groups in total. The molecule has 0 radical (unpaired) electrons. The van der Waals surface area contributed by atoms with Gasteiger partial charge in [0.1, 0.15) is 0 Å². The van der Waals surface area contributed by atoms with E-state index in [1.54, 1.807) is 11.3 Å². The van der Waals surface area contributed by atoms with Crippen LogP contribution in [0.15, 0.2) is 11.7 Å². The minimum Gasteiger partial charge on any atom is -0.312 e. The van der Waals surface area contributed by atoms with Gasteiger partial charge < -0.3 is 5.32 Å². The van der Waals surface area contributed by atoms with Crippen LogP contribution in [0.2, 0.25) is 0 Å². The summed E-state index contributed by atoms with van der Waals surface area (Å²) in [4.78, 5) is 5.49. The topological polar surface area (TPSA) is 24.9 Å². The fraction of sp³-hybridized carbons (Fsp3) is 0.727. The lowest BCUT2D eigenvalue weighted by molar-refractivity contribution is 0.388. The summed E-state index contributed by atoms with van der Waals surface area (Å²) in [5, 5.41) is 3.37. The molecule has 0 bridgehead atoms. The van der Waals surface area contributed by atoms with Gasteiger partial charge in [0.2, 0.25) is 0 Å². The van der Waals surface area contributed by atoms with E-state index in [0.717, 1.165) is 5.92 Å². The summed E-state index contributed by atoms with van der Waals surface area (Å²) in [6.45, 7) is 4.54. The molecule has 3 heteroatoms. The molecule has 1 aromatic heterocycles. The number of aromatic nitrogens is 1. The second-order valence-electron chi connectivity index (χ2n) is 3.66. The second-order valence-corrected chi connectivity index (χ2v) is 4.58. The van der Waals surface area contributed by atoms with Gasteiger partial charge in [0.25, 0.3) is 0 Å². The Hall–Kier alpha value is -0.410. The van der Waals surface area contributed by atoms with E-state index in [9.17, 15) is 0 Å². The Bertz CT molecular complexity index is 229. The molecule has 0 fully saturated rings. The first kappa shape index (κ1) is 11.7. The molecule has 0 aromatic carbocycles. The summed E-state index contributed by atoms with van der Waals surface area (Å²) in [7, 11) is 2.03. The molecule has 1 aromatic rings. The van der Waals surface area contributed by atoms with Crippen LogP contribution in [-0.4, -0.2) is 12.0 Å². The number of rotatable bonds is 6. The smallest absolute Gasteiger partial charge is 0.0794 e. The highest BCUT2D eigenvalue weighted by Crippen LogP contribution is 2.26. The zero-order chi connectivity index (χ0) is 10.4. The van der Waals surface area contributed by atoms with Crippen molar-refractivity contribution in [1.29, 1.82) is 0 Å². The molecule has 0 spiro atoms. The molecule has 2 nitrogen and oxygen atoms in total. The molecule has 1 rings (SSSR count). The summed E-state index contributed by atoms with van der Waals surface area (Å²) < 4.78 is 0. The van der Waals surface area contributed by atoms with Crippen molar-refractivity contribution in [3.8, 4) is 0 Å². The van der Waals surface area contributed by atoms with E-state index in [1.807, 2.05) is 18.8 Å². The van der Waals surface area contributed by atoms with Crippen LogP contribution in [0.4, 0.5) is 0 Å². The average molecular weight is 212 g/mol. The summed E-state index contributed by atoms with van der Waals surface area (Å²) in [6.07, 6.45) is 5.75. The van der Waals surface area contributed by atoms with Gasteiger partial charge in [-0.3, -0.25) is 4.98 Å². The molecule has 1 heterocycles. The van der Waals surface area contributed by atoms with Crippen molar-refractivity contribution in [1.82, 2.24) is 10.3 Å². The number of thiazole rings is 1. The van der Waals surface area contributed by atoms with Crippen LogP contribution in [0.3, 0.4) is 0 Å². The third-order valence-corrected chi connectivity index (χ3v) is 3.76. The Morgan fingerprint density at radius 1 is 1.43 bits per heavy atom. The molecule has 1 atom stereocenters. The summed E-state index contributed by atoms with van der Waals surface area (Å²) in [6, 6.07) is 0.493. The standard InChI is InChI=1S/C11H20N2S/c1-4-9(5-2)6-10(12-3)11-7-13-8-14-11/h7-10,12H,4-6H2,1-3H3. The Labute approximate surface area is 90.8 Å². The molecular weight excluding hydrogens is 192 g/mol. The van der Waals surface area contributed by atoms with Gasteiger partial charge in [-0.05, 0) is 19.4 Å². The molecule has 1 unspecified atom stereocenters. The zero-order valence-electron chi connectivity index (χ0n) is 9.29. The Kier molecular flexibility index (Phi) is 5.12. The van der Waals surface area contributed by atoms with Gasteiger partial charge in [0.15, 0.2) is 0 Å². The van der Waals surface area contributed by atoms with E-state index in [1.165, 1.54) is 24.1 Å². The molecule has 0 saturated heterocycles. The fourth-order valence-electron chi connectivity index (χ4n) is 1.73. The van der Waals surface area contributed by atoms with Crippen molar-refractivity contribution in [3.63, 3.8) is 0 Å². The molecule has 80 valence electrons. The third kappa shape index (κ3) is 3.07. The lowest BCUT2D eigenvalue weighted by atomic mass is 9.94. The lowest BCUT2D eigenvalue weighted by Gasteiger charge is -2.19. The Balaban J connectivity index is 2.55. The summed E-state index contributed by atoms with van der Waals surface area (Å²) in [5.74, 6) is 0.828. The minimum absolute atomic E-state index is 0.493. The highest BCUT2D eigenvalue weighted by Gasteiger charge is 2.15. The van der Waals surface area contributed by atoms with Crippen molar-refractivity contribution >= 4 is 11.3 Å². The van der Waals surface area contributed by atoms with E-state index < -0.39 is 0 Å². The molecule has 0 saturated carbocycles. The Morgan fingerprint density at radius 3 is 2.57 bits per heavy atom. The highest BCUT2D eigenvalue weighted by molar-refractivity contribution is 7.09. The van der Waals surface area contributed by atoms with Crippen molar-refractivity contribution in [2.24, 2.45) is 5.92 Å². The van der Waals surface area contributed by atoms with Gasteiger partial charge in [0.05, 0.1) is 5.51 Å². The maximum Gasteiger partial charge on any atom is 0.0794 e. The van der Waals surface area contributed by atoms with Gasteiger partial charge in [-0.1, -0.05) is 26.7 Å². The lowest BCUT2D eigenvalue weighted by Crippen LogP contribution is -2.18. The van der Waals surface area contributed by atoms with E-state index in [-0.39, 0.29) is 0 Å². The first-order valence-electron chi connectivity index (χ1n) is 5.37. The van der Waals surface area contributed by atoms with Crippen LogP contribution in [0.5, 0.6) is 0 Å². The van der Waals surface area contributed by atoms with Crippen LogP contribution < -0.4 is 5.32 Å². The third-order valence-electron chi connectivity index (χ3n) is 2.87. The van der Waals surface area contributed by atoms with E-state index in [0.29, 0.717) is 6.04 Å². The SMILES string of the molecule is CCC(CC)CC(NC)c1cncs1. The van der Waals surface area contributed by atoms with Crippen LogP contribution in [0.25, 0.3) is 0 Å². The molecule has 0 aliphatic carbocycles. The number of nitrogens with zero attached hydrogens (tertiary/aromatic N) is 1. The first-order valence-corrected chi connectivity index (χ1v) is 6.25. The minimum atomic E-state index is 0.493. The van der Waals surface area contributed by atoms with Gasteiger partial charge in [-0.15, -0.1) is 11.3 Å². The normalized spacial score (nSPS) is 13.4. The second kappa shape index (κ2) is 6.14. The number of nitrogens with one attached hydrogen (secondary N) is 1. The van der Waals surface area contributed by atoms with Gasteiger partial charge >= 0.3 is 0 Å². The number of hydrogen-bond acceptors (Lipinski definition) is 3. The maximum atomic E-state index is 4.13. The highest BCUT2D eigenvalue weighted by atomic mass is 32.1. The first-order chi connectivity index (χ1) is 6.81. The quantitative estimate of drug-likeness (QED) is 0.783. The fourth-order valence-corrected chi connectivity index (χ4v) is 2.47. The molecular formula is C11H20N2S. The summed E-state index contributed by atoms with van der Waals surface area (Å²) in [5.41, 5.74) is 1.91.